The Hall–Kier alpha value is -1.12. The molecule has 0 aliphatic rings. The summed E-state index contributed by atoms with van der Waals surface area (Å²) in [6, 6.07) is 8.97. The Morgan fingerprint density at radius 2 is 1.72 bits per heavy atom. The molecule has 1 unspecified atom stereocenters. The molecular formula is C16H21NS. The molecule has 0 bridgehead atoms. The van der Waals surface area contributed by atoms with Crippen LogP contribution in [0.1, 0.15) is 38.0 Å². The lowest BCUT2D eigenvalue weighted by atomic mass is 9.99. The van der Waals surface area contributed by atoms with Crippen molar-refractivity contribution in [1.29, 1.82) is 0 Å². The number of thiophene rings is 1. The lowest BCUT2D eigenvalue weighted by Crippen LogP contribution is -2.13. The van der Waals surface area contributed by atoms with Crippen molar-refractivity contribution >= 4 is 11.3 Å². The van der Waals surface area contributed by atoms with Gasteiger partial charge < -0.3 is 5.73 Å². The molecule has 0 spiro atoms. The second-order valence-electron chi connectivity index (χ2n) is 5.13. The Bertz CT molecular complexity index is 554. The summed E-state index contributed by atoms with van der Waals surface area (Å²) in [5, 5.41) is 0. The number of nitrogens with two attached hydrogens (primary N) is 1. The molecule has 0 amide bonds. The third-order valence-electron chi connectivity index (χ3n) is 3.44. The summed E-state index contributed by atoms with van der Waals surface area (Å²) in [5.74, 6) is 0. The van der Waals surface area contributed by atoms with Crippen LogP contribution >= 0.6 is 11.3 Å². The van der Waals surface area contributed by atoms with E-state index < -0.39 is 0 Å². The van der Waals surface area contributed by atoms with Crippen LogP contribution in [0.3, 0.4) is 0 Å². The minimum atomic E-state index is 0.116. The van der Waals surface area contributed by atoms with E-state index in [9.17, 15) is 0 Å². The second-order valence-corrected chi connectivity index (χ2v) is 6.42. The molecule has 2 N–H and O–H groups in total. The molecule has 2 heteroatoms. The van der Waals surface area contributed by atoms with Crippen LogP contribution in [0.4, 0.5) is 0 Å². The van der Waals surface area contributed by atoms with Crippen molar-refractivity contribution in [3.05, 3.63) is 56.3 Å². The SMILES string of the molecule is Cc1cc(C)c(C(N)Cc2ccc(C)c(C)c2)s1. The van der Waals surface area contributed by atoms with Crippen molar-refractivity contribution in [2.75, 3.05) is 0 Å². The zero-order chi connectivity index (χ0) is 13.3. The molecule has 1 aromatic carbocycles. The van der Waals surface area contributed by atoms with Crippen molar-refractivity contribution in [2.24, 2.45) is 5.73 Å². The Morgan fingerprint density at radius 1 is 1.00 bits per heavy atom. The maximum absolute atomic E-state index is 6.34. The van der Waals surface area contributed by atoms with Gasteiger partial charge in [0.25, 0.3) is 0 Å². The van der Waals surface area contributed by atoms with Crippen molar-refractivity contribution in [1.82, 2.24) is 0 Å². The highest BCUT2D eigenvalue weighted by molar-refractivity contribution is 7.12. The number of benzene rings is 1. The molecule has 0 saturated heterocycles. The number of hydrogen-bond acceptors (Lipinski definition) is 2. The first-order valence-electron chi connectivity index (χ1n) is 6.36. The zero-order valence-corrected chi connectivity index (χ0v) is 12.4. The molecule has 0 radical (unpaired) electrons. The molecule has 0 fully saturated rings. The predicted octanol–water partition coefficient (Wildman–Crippen LogP) is 4.22. The van der Waals surface area contributed by atoms with E-state index in [1.54, 1.807) is 0 Å². The number of aryl methyl sites for hydroxylation is 4. The summed E-state index contributed by atoms with van der Waals surface area (Å²) < 4.78 is 0. The highest BCUT2D eigenvalue weighted by Crippen LogP contribution is 2.28. The fourth-order valence-corrected chi connectivity index (χ4v) is 3.34. The van der Waals surface area contributed by atoms with Gasteiger partial charge in [0.05, 0.1) is 0 Å². The van der Waals surface area contributed by atoms with E-state index >= 15 is 0 Å². The van der Waals surface area contributed by atoms with E-state index in [2.05, 4.69) is 52.0 Å². The summed E-state index contributed by atoms with van der Waals surface area (Å²) in [6.07, 6.45) is 0.919. The molecule has 2 aromatic rings. The molecular weight excluding hydrogens is 238 g/mol. The molecule has 1 atom stereocenters. The molecule has 18 heavy (non-hydrogen) atoms. The van der Waals surface area contributed by atoms with E-state index in [-0.39, 0.29) is 6.04 Å². The molecule has 96 valence electrons. The first-order chi connectivity index (χ1) is 8.47. The summed E-state index contributed by atoms with van der Waals surface area (Å²) in [6.45, 7) is 8.60. The van der Waals surface area contributed by atoms with E-state index in [4.69, 9.17) is 5.73 Å². The van der Waals surface area contributed by atoms with E-state index in [0.29, 0.717) is 0 Å². The summed E-state index contributed by atoms with van der Waals surface area (Å²) in [4.78, 5) is 2.67. The third-order valence-corrected chi connectivity index (χ3v) is 4.73. The van der Waals surface area contributed by atoms with E-state index in [1.807, 2.05) is 11.3 Å². The number of rotatable bonds is 3. The van der Waals surface area contributed by atoms with E-state index in [0.717, 1.165) is 6.42 Å². The minimum Gasteiger partial charge on any atom is -0.323 e. The van der Waals surface area contributed by atoms with Gasteiger partial charge in [-0.25, -0.2) is 0 Å². The molecule has 1 heterocycles. The molecule has 0 aliphatic heterocycles. The van der Waals surface area contributed by atoms with Crippen LogP contribution in [0.2, 0.25) is 0 Å². The Morgan fingerprint density at radius 3 is 2.28 bits per heavy atom. The standard InChI is InChI=1S/C16H21NS/c1-10-5-6-14(8-11(10)2)9-15(17)16-12(3)7-13(4)18-16/h5-8,15H,9,17H2,1-4H3. The Balaban J connectivity index is 2.18. The van der Waals surface area contributed by atoms with Gasteiger partial charge in [0, 0.05) is 15.8 Å². The van der Waals surface area contributed by atoms with Crippen LogP contribution in [0.15, 0.2) is 24.3 Å². The monoisotopic (exact) mass is 259 g/mol. The molecule has 1 nitrogen and oxygen atoms in total. The fourth-order valence-electron chi connectivity index (χ4n) is 2.30. The first-order valence-corrected chi connectivity index (χ1v) is 7.17. The van der Waals surface area contributed by atoms with Crippen LogP contribution in [0.25, 0.3) is 0 Å². The highest BCUT2D eigenvalue weighted by Gasteiger charge is 2.13. The summed E-state index contributed by atoms with van der Waals surface area (Å²) in [5.41, 5.74) is 11.7. The molecule has 0 aliphatic carbocycles. The van der Waals surface area contributed by atoms with Gasteiger partial charge in [-0.3, -0.25) is 0 Å². The highest BCUT2D eigenvalue weighted by atomic mass is 32.1. The molecule has 1 aromatic heterocycles. The van der Waals surface area contributed by atoms with Gasteiger partial charge in [-0.05, 0) is 62.4 Å². The van der Waals surface area contributed by atoms with Crippen molar-refractivity contribution < 1.29 is 0 Å². The van der Waals surface area contributed by atoms with Crippen LogP contribution in [-0.4, -0.2) is 0 Å². The maximum atomic E-state index is 6.34. The summed E-state index contributed by atoms with van der Waals surface area (Å²) in [7, 11) is 0. The number of hydrogen-bond donors (Lipinski definition) is 1. The van der Waals surface area contributed by atoms with Crippen molar-refractivity contribution in [2.45, 2.75) is 40.2 Å². The Kier molecular flexibility index (Phi) is 3.88. The van der Waals surface area contributed by atoms with Gasteiger partial charge >= 0.3 is 0 Å². The quantitative estimate of drug-likeness (QED) is 0.877. The Labute approximate surface area is 114 Å². The van der Waals surface area contributed by atoms with E-state index in [1.165, 1.54) is 32.0 Å². The maximum Gasteiger partial charge on any atom is 0.0433 e. The first kappa shape index (κ1) is 13.3. The third kappa shape index (κ3) is 2.82. The predicted molar refractivity (Wildman–Crippen MR) is 80.3 cm³/mol. The van der Waals surface area contributed by atoms with Crippen LogP contribution in [-0.2, 0) is 6.42 Å². The van der Waals surface area contributed by atoms with Crippen LogP contribution < -0.4 is 5.73 Å². The average molecular weight is 259 g/mol. The van der Waals surface area contributed by atoms with Gasteiger partial charge in [-0.15, -0.1) is 11.3 Å². The van der Waals surface area contributed by atoms with Gasteiger partial charge in [0.15, 0.2) is 0 Å². The molecule has 0 saturated carbocycles. The van der Waals surface area contributed by atoms with Gasteiger partial charge in [0.2, 0.25) is 0 Å². The van der Waals surface area contributed by atoms with Crippen LogP contribution in [0.5, 0.6) is 0 Å². The normalized spacial score (nSPS) is 12.7. The smallest absolute Gasteiger partial charge is 0.0433 e. The van der Waals surface area contributed by atoms with Crippen LogP contribution in [0, 0.1) is 27.7 Å². The molecule has 2 rings (SSSR count). The topological polar surface area (TPSA) is 26.0 Å². The lowest BCUT2D eigenvalue weighted by molar-refractivity contribution is 0.731. The van der Waals surface area contributed by atoms with Crippen molar-refractivity contribution in [3.8, 4) is 0 Å². The van der Waals surface area contributed by atoms with Gasteiger partial charge in [-0.2, -0.15) is 0 Å². The largest absolute Gasteiger partial charge is 0.323 e. The summed E-state index contributed by atoms with van der Waals surface area (Å²) >= 11 is 1.82. The fraction of sp³-hybridized carbons (Fsp3) is 0.375. The zero-order valence-electron chi connectivity index (χ0n) is 11.6. The van der Waals surface area contributed by atoms with Gasteiger partial charge in [0.1, 0.15) is 0 Å². The second kappa shape index (κ2) is 5.25. The van der Waals surface area contributed by atoms with Gasteiger partial charge in [-0.1, -0.05) is 18.2 Å². The average Bonchev–Trinajstić information content (AvgIpc) is 2.63. The minimum absolute atomic E-state index is 0.116. The van der Waals surface area contributed by atoms with Crippen molar-refractivity contribution in [3.63, 3.8) is 0 Å². The lowest BCUT2D eigenvalue weighted by Gasteiger charge is -2.12.